The van der Waals surface area contributed by atoms with Gasteiger partial charge in [0.1, 0.15) is 11.4 Å². The van der Waals surface area contributed by atoms with E-state index < -0.39 is 0 Å². The smallest absolute Gasteiger partial charge is 0.142 e. The lowest BCUT2D eigenvalue weighted by Gasteiger charge is -2.26. The Labute approximate surface area is 179 Å². The van der Waals surface area contributed by atoms with Crippen molar-refractivity contribution in [3.8, 4) is 16.9 Å². The third kappa shape index (κ3) is 3.08. The van der Waals surface area contributed by atoms with Gasteiger partial charge in [0.05, 0.1) is 23.7 Å². The van der Waals surface area contributed by atoms with Gasteiger partial charge >= 0.3 is 0 Å². The van der Waals surface area contributed by atoms with E-state index in [1.807, 2.05) is 18.3 Å². The molecule has 1 unspecified atom stereocenters. The van der Waals surface area contributed by atoms with Crippen molar-refractivity contribution in [1.82, 2.24) is 19.5 Å². The zero-order chi connectivity index (χ0) is 20.8. The minimum absolute atomic E-state index is 0.0854. The summed E-state index contributed by atoms with van der Waals surface area (Å²) in [5.74, 6) is 0.848. The van der Waals surface area contributed by atoms with Gasteiger partial charge in [-0.05, 0) is 47.3 Å². The Kier molecular flexibility index (Phi) is 4.09. The monoisotopic (exact) mass is 407 g/mol. The predicted octanol–water partition coefficient (Wildman–Crippen LogP) is 5.12. The van der Waals surface area contributed by atoms with Gasteiger partial charge in [0, 0.05) is 55.0 Å². The second-order valence-electron chi connectivity index (χ2n) is 7.87. The lowest BCUT2D eigenvalue weighted by atomic mass is 10.0. The zero-order valence-electron chi connectivity index (χ0n) is 17.1. The molecule has 31 heavy (non-hydrogen) atoms. The largest absolute Gasteiger partial charge is 0.491 e. The average Bonchev–Trinajstić information content (AvgIpc) is 3.19. The fraction of sp³-hybridized carbons (Fsp3) is 0.160. The molecule has 0 amide bonds. The first-order chi connectivity index (χ1) is 15.3. The number of ether oxygens (including phenoxy) is 1. The fourth-order valence-corrected chi connectivity index (χ4v) is 4.36. The minimum atomic E-state index is 0.0854. The van der Waals surface area contributed by atoms with Gasteiger partial charge in [0.2, 0.25) is 0 Å². The number of hydrogen-bond acceptors (Lipinski definition) is 5. The van der Waals surface area contributed by atoms with E-state index in [4.69, 9.17) is 4.74 Å². The maximum absolute atomic E-state index is 5.77. The molecular formula is C25H21N5O. The summed E-state index contributed by atoms with van der Waals surface area (Å²) in [6.45, 7) is 0.667. The molecule has 1 N–H and O–H groups in total. The van der Waals surface area contributed by atoms with Crippen LogP contribution in [0.25, 0.3) is 33.1 Å². The molecule has 6 nitrogen and oxygen atoms in total. The zero-order valence-corrected chi connectivity index (χ0v) is 17.1. The first kappa shape index (κ1) is 17.9. The topological polar surface area (TPSA) is 64.9 Å². The first-order valence-electron chi connectivity index (χ1n) is 10.4. The molecule has 3 aromatic heterocycles. The van der Waals surface area contributed by atoms with Crippen LogP contribution in [0.3, 0.4) is 0 Å². The van der Waals surface area contributed by atoms with Gasteiger partial charge in [-0.2, -0.15) is 0 Å². The van der Waals surface area contributed by atoms with Crippen molar-refractivity contribution in [1.29, 1.82) is 0 Å². The van der Waals surface area contributed by atoms with Gasteiger partial charge in [-0.3, -0.25) is 15.0 Å². The number of aryl methyl sites for hydroxylation is 1. The Bertz CT molecular complexity index is 1420. The van der Waals surface area contributed by atoms with E-state index in [0.29, 0.717) is 6.61 Å². The second kappa shape index (κ2) is 7.09. The van der Waals surface area contributed by atoms with Crippen LogP contribution in [0.5, 0.6) is 5.75 Å². The molecule has 0 aliphatic carbocycles. The maximum atomic E-state index is 5.77. The van der Waals surface area contributed by atoms with Crippen LogP contribution in [0.15, 0.2) is 73.3 Å². The number of rotatable bonds is 3. The molecule has 0 bridgehead atoms. The Balaban J connectivity index is 1.47. The number of benzene rings is 2. The number of anilines is 1. The van der Waals surface area contributed by atoms with Crippen LogP contribution in [0.1, 0.15) is 18.2 Å². The molecule has 0 radical (unpaired) electrons. The van der Waals surface area contributed by atoms with Gasteiger partial charge in [-0.25, -0.2) is 0 Å². The van der Waals surface area contributed by atoms with Gasteiger partial charge in [0.25, 0.3) is 0 Å². The Morgan fingerprint density at radius 3 is 2.90 bits per heavy atom. The lowest BCUT2D eigenvalue weighted by molar-refractivity contribution is 0.270. The van der Waals surface area contributed by atoms with Crippen molar-refractivity contribution in [2.24, 2.45) is 7.05 Å². The quantitative estimate of drug-likeness (QED) is 0.450. The normalized spacial score (nSPS) is 15.6. The van der Waals surface area contributed by atoms with Crippen molar-refractivity contribution in [2.45, 2.75) is 12.5 Å². The van der Waals surface area contributed by atoms with Crippen molar-refractivity contribution >= 4 is 27.6 Å². The second-order valence-corrected chi connectivity index (χ2v) is 7.87. The molecular weight excluding hydrogens is 386 g/mol. The molecule has 0 spiro atoms. The van der Waals surface area contributed by atoms with Crippen LogP contribution >= 0.6 is 0 Å². The molecule has 1 atom stereocenters. The van der Waals surface area contributed by atoms with E-state index in [2.05, 4.69) is 74.5 Å². The van der Waals surface area contributed by atoms with Crippen LogP contribution in [-0.4, -0.2) is 26.1 Å². The summed E-state index contributed by atoms with van der Waals surface area (Å²) in [7, 11) is 2.07. The summed E-state index contributed by atoms with van der Waals surface area (Å²) in [4.78, 5) is 13.8. The van der Waals surface area contributed by atoms with E-state index in [9.17, 15) is 0 Å². The standard InChI is InChI=1S/C25H21N5O/c1-30-11-6-16-4-5-17(13-22(16)30)19-14-18(15-21-24(19)28-10-9-26-21)29-20-7-12-31-23-3-2-8-27-25(20)23/h2-6,8-11,13-15,20,29H,7,12H2,1H3. The molecule has 4 heterocycles. The maximum Gasteiger partial charge on any atom is 0.142 e. The fourth-order valence-electron chi connectivity index (χ4n) is 4.36. The molecule has 1 aliphatic rings. The number of aromatic nitrogens is 4. The summed E-state index contributed by atoms with van der Waals surface area (Å²) in [6, 6.07) is 16.9. The van der Waals surface area contributed by atoms with Gasteiger partial charge < -0.3 is 14.6 Å². The van der Waals surface area contributed by atoms with E-state index >= 15 is 0 Å². The molecule has 2 aromatic carbocycles. The summed E-state index contributed by atoms with van der Waals surface area (Å²) in [5.41, 5.74) is 7.07. The van der Waals surface area contributed by atoms with Gasteiger partial charge in [-0.1, -0.05) is 12.1 Å². The molecule has 5 aromatic rings. The number of fused-ring (bicyclic) bond motifs is 3. The summed E-state index contributed by atoms with van der Waals surface area (Å²) >= 11 is 0. The molecule has 152 valence electrons. The summed E-state index contributed by atoms with van der Waals surface area (Å²) in [6.07, 6.45) is 8.24. The van der Waals surface area contributed by atoms with E-state index in [1.165, 1.54) is 10.9 Å². The number of nitrogens with zero attached hydrogens (tertiary/aromatic N) is 4. The molecule has 1 aliphatic heterocycles. The van der Waals surface area contributed by atoms with Crippen molar-refractivity contribution in [2.75, 3.05) is 11.9 Å². The number of nitrogens with one attached hydrogen (secondary N) is 1. The first-order valence-corrected chi connectivity index (χ1v) is 10.4. The van der Waals surface area contributed by atoms with Crippen molar-refractivity contribution < 1.29 is 4.74 Å². The third-order valence-electron chi connectivity index (χ3n) is 5.91. The summed E-state index contributed by atoms with van der Waals surface area (Å²) < 4.78 is 7.91. The van der Waals surface area contributed by atoms with E-state index in [-0.39, 0.29) is 6.04 Å². The van der Waals surface area contributed by atoms with Crippen LogP contribution in [0.4, 0.5) is 5.69 Å². The van der Waals surface area contributed by atoms with Crippen molar-refractivity contribution in [3.63, 3.8) is 0 Å². The number of pyridine rings is 1. The van der Waals surface area contributed by atoms with Crippen LogP contribution in [0.2, 0.25) is 0 Å². The van der Waals surface area contributed by atoms with E-state index in [1.54, 1.807) is 12.4 Å². The highest BCUT2D eigenvalue weighted by Gasteiger charge is 2.23. The third-order valence-corrected chi connectivity index (χ3v) is 5.91. The van der Waals surface area contributed by atoms with Gasteiger partial charge in [0.15, 0.2) is 0 Å². The summed E-state index contributed by atoms with van der Waals surface area (Å²) in [5, 5.41) is 4.89. The molecule has 0 fully saturated rings. The highest BCUT2D eigenvalue weighted by Crippen LogP contribution is 2.36. The highest BCUT2D eigenvalue weighted by atomic mass is 16.5. The molecule has 0 saturated carbocycles. The predicted molar refractivity (Wildman–Crippen MR) is 122 cm³/mol. The highest BCUT2D eigenvalue weighted by molar-refractivity contribution is 5.97. The average molecular weight is 407 g/mol. The lowest BCUT2D eigenvalue weighted by Crippen LogP contribution is -2.21. The van der Waals surface area contributed by atoms with Crippen LogP contribution in [-0.2, 0) is 7.05 Å². The minimum Gasteiger partial charge on any atom is -0.491 e. The Hall–Kier alpha value is -3.93. The van der Waals surface area contributed by atoms with Gasteiger partial charge in [-0.15, -0.1) is 0 Å². The Morgan fingerprint density at radius 1 is 1.00 bits per heavy atom. The van der Waals surface area contributed by atoms with Crippen LogP contribution < -0.4 is 10.1 Å². The molecule has 6 rings (SSSR count). The Morgan fingerprint density at radius 2 is 1.94 bits per heavy atom. The van der Waals surface area contributed by atoms with Crippen LogP contribution in [0, 0.1) is 0 Å². The van der Waals surface area contributed by atoms with Crippen molar-refractivity contribution in [3.05, 3.63) is 79.0 Å². The molecule has 0 saturated heterocycles. The van der Waals surface area contributed by atoms with E-state index in [0.717, 1.165) is 45.7 Å². The SMILES string of the molecule is Cn1ccc2ccc(-c3cc(NC4CCOc5cccnc54)cc4nccnc34)cc21. The molecule has 6 heteroatoms. The number of hydrogen-bond donors (Lipinski definition) is 1.